The van der Waals surface area contributed by atoms with Crippen molar-refractivity contribution in [3.8, 4) is 0 Å². The van der Waals surface area contributed by atoms with Crippen molar-refractivity contribution in [2.45, 2.75) is 44.6 Å². The van der Waals surface area contributed by atoms with Gasteiger partial charge in [0.2, 0.25) is 0 Å². The number of hydrogen-bond donors (Lipinski definition) is 1. The van der Waals surface area contributed by atoms with Crippen molar-refractivity contribution >= 4 is 0 Å². The molecule has 2 rings (SSSR count). The second kappa shape index (κ2) is 4.63. The van der Waals surface area contributed by atoms with Crippen molar-refractivity contribution in [3.63, 3.8) is 0 Å². The van der Waals surface area contributed by atoms with Crippen LogP contribution in [0.1, 0.15) is 38.5 Å². The molecule has 0 saturated heterocycles. The Balaban J connectivity index is 1.84. The molecule has 2 aliphatic carbocycles. The van der Waals surface area contributed by atoms with Gasteiger partial charge in [0.05, 0.1) is 0 Å². The molecule has 0 bridgehead atoms. The SMILES string of the molecule is CN(CC1CC1)C1CCCCC1CN. The fraction of sp³-hybridized carbons (Fsp3) is 1.00. The molecule has 0 radical (unpaired) electrons. The second-order valence-electron chi connectivity index (χ2n) is 5.23. The van der Waals surface area contributed by atoms with E-state index in [-0.39, 0.29) is 0 Å². The maximum Gasteiger partial charge on any atom is 0.0133 e. The van der Waals surface area contributed by atoms with Crippen molar-refractivity contribution in [2.24, 2.45) is 17.6 Å². The maximum atomic E-state index is 5.85. The largest absolute Gasteiger partial charge is 0.330 e. The van der Waals surface area contributed by atoms with E-state index in [1.807, 2.05) is 0 Å². The predicted molar refractivity (Wildman–Crippen MR) is 60.2 cm³/mol. The first kappa shape index (κ1) is 10.4. The van der Waals surface area contributed by atoms with E-state index in [9.17, 15) is 0 Å². The summed E-state index contributed by atoms with van der Waals surface area (Å²) in [5, 5.41) is 0. The van der Waals surface area contributed by atoms with Crippen molar-refractivity contribution in [3.05, 3.63) is 0 Å². The summed E-state index contributed by atoms with van der Waals surface area (Å²) >= 11 is 0. The van der Waals surface area contributed by atoms with Crippen LogP contribution < -0.4 is 5.73 Å². The molecule has 2 unspecified atom stereocenters. The van der Waals surface area contributed by atoms with Crippen LogP contribution in [0, 0.1) is 11.8 Å². The normalized spacial score (nSPS) is 33.6. The summed E-state index contributed by atoms with van der Waals surface area (Å²) in [5.41, 5.74) is 5.85. The molecular formula is C12H24N2. The molecule has 0 aromatic carbocycles. The van der Waals surface area contributed by atoms with Gasteiger partial charge in [-0.05, 0) is 51.1 Å². The average Bonchev–Trinajstić information content (AvgIpc) is 3.01. The van der Waals surface area contributed by atoms with Gasteiger partial charge < -0.3 is 10.6 Å². The van der Waals surface area contributed by atoms with Gasteiger partial charge >= 0.3 is 0 Å². The highest BCUT2D eigenvalue weighted by atomic mass is 15.1. The minimum Gasteiger partial charge on any atom is -0.330 e. The van der Waals surface area contributed by atoms with Gasteiger partial charge in [-0.1, -0.05) is 12.8 Å². The first-order chi connectivity index (χ1) is 6.81. The fourth-order valence-electron chi connectivity index (χ4n) is 2.89. The van der Waals surface area contributed by atoms with Gasteiger partial charge in [0.25, 0.3) is 0 Å². The summed E-state index contributed by atoms with van der Waals surface area (Å²) in [6.45, 7) is 2.21. The molecule has 0 aliphatic heterocycles. The van der Waals surface area contributed by atoms with E-state index in [0.29, 0.717) is 0 Å². The van der Waals surface area contributed by atoms with Crippen LogP contribution in [0.4, 0.5) is 0 Å². The molecule has 2 nitrogen and oxygen atoms in total. The van der Waals surface area contributed by atoms with E-state index < -0.39 is 0 Å². The maximum absolute atomic E-state index is 5.85. The van der Waals surface area contributed by atoms with E-state index in [0.717, 1.165) is 24.4 Å². The molecule has 0 aromatic heterocycles. The van der Waals surface area contributed by atoms with Crippen LogP contribution in [0.2, 0.25) is 0 Å². The second-order valence-corrected chi connectivity index (χ2v) is 5.23. The quantitative estimate of drug-likeness (QED) is 0.743. The van der Waals surface area contributed by atoms with Crippen LogP contribution in [-0.2, 0) is 0 Å². The number of hydrogen-bond acceptors (Lipinski definition) is 2. The Hall–Kier alpha value is -0.0800. The molecule has 82 valence electrons. The molecule has 2 aliphatic rings. The van der Waals surface area contributed by atoms with Crippen LogP contribution in [-0.4, -0.2) is 31.1 Å². The molecule has 14 heavy (non-hydrogen) atoms. The van der Waals surface area contributed by atoms with Crippen LogP contribution in [0.3, 0.4) is 0 Å². The van der Waals surface area contributed by atoms with E-state index in [1.165, 1.54) is 45.1 Å². The third kappa shape index (κ3) is 2.48. The Bertz CT molecular complexity index is 177. The van der Waals surface area contributed by atoms with Gasteiger partial charge in [0.15, 0.2) is 0 Å². The highest BCUT2D eigenvalue weighted by Gasteiger charge is 2.30. The lowest BCUT2D eigenvalue weighted by atomic mass is 9.83. The van der Waals surface area contributed by atoms with Gasteiger partial charge in [-0.2, -0.15) is 0 Å². The first-order valence-corrected chi connectivity index (χ1v) is 6.21. The van der Waals surface area contributed by atoms with E-state index >= 15 is 0 Å². The Kier molecular flexibility index (Phi) is 3.45. The van der Waals surface area contributed by atoms with E-state index in [1.54, 1.807) is 0 Å². The molecule has 2 heteroatoms. The van der Waals surface area contributed by atoms with Crippen molar-refractivity contribution in [1.29, 1.82) is 0 Å². The standard InChI is InChI=1S/C12H24N2/c1-14(9-10-6-7-10)12-5-3-2-4-11(12)8-13/h10-12H,2-9,13H2,1H3. The van der Waals surface area contributed by atoms with E-state index in [4.69, 9.17) is 5.73 Å². The van der Waals surface area contributed by atoms with Crippen LogP contribution in [0.15, 0.2) is 0 Å². The zero-order valence-electron chi connectivity index (χ0n) is 9.41. The van der Waals surface area contributed by atoms with Crippen molar-refractivity contribution in [1.82, 2.24) is 4.90 Å². The Morgan fingerprint density at radius 2 is 1.86 bits per heavy atom. The molecule has 0 aromatic rings. The molecule has 0 amide bonds. The summed E-state index contributed by atoms with van der Waals surface area (Å²) in [4.78, 5) is 2.59. The number of nitrogens with zero attached hydrogens (tertiary/aromatic N) is 1. The van der Waals surface area contributed by atoms with Gasteiger partial charge in [-0.25, -0.2) is 0 Å². The third-order valence-electron chi connectivity index (χ3n) is 3.98. The van der Waals surface area contributed by atoms with Crippen LogP contribution in [0.25, 0.3) is 0 Å². The van der Waals surface area contributed by atoms with Crippen LogP contribution in [0.5, 0.6) is 0 Å². The average molecular weight is 196 g/mol. The molecule has 2 fully saturated rings. The predicted octanol–water partition coefficient (Wildman–Crippen LogP) is 1.85. The highest BCUT2D eigenvalue weighted by molar-refractivity contribution is 4.85. The monoisotopic (exact) mass is 196 g/mol. The van der Waals surface area contributed by atoms with Gasteiger partial charge in [0.1, 0.15) is 0 Å². The minimum absolute atomic E-state index is 0.771. The molecule has 2 atom stereocenters. The Morgan fingerprint density at radius 3 is 2.50 bits per heavy atom. The smallest absolute Gasteiger partial charge is 0.0133 e. The molecule has 2 N–H and O–H groups in total. The number of rotatable bonds is 4. The molecular weight excluding hydrogens is 172 g/mol. The summed E-state index contributed by atoms with van der Waals surface area (Å²) in [6, 6.07) is 0.786. The van der Waals surface area contributed by atoms with Gasteiger partial charge in [0, 0.05) is 12.6 Å². The van der Waals surface area contributed by atoms with Gasteiger partial charge in [-0.3, -0.25) is 0 Å². The lowest BCUT2D eigenvalue weighted by Gasteiger charge is -2.37. The zero-order chi connectivity index (χ0) is 9.97. The lowest BCUT2D eigenvalue weighted by molar-refractivity contribution is 0.129. The summed E-state index contributed by atoms with van der Waals surface area (Å²) in [7, 11) is 2.30. The minimum atomic E-state index is 0.771. The Morgan fingerprint density at radius 1 is 1.14 bits per heavy atom. The van der Waals surface area contributed by atoms with Crippen LogP contribution >= 0.6 is 0 Å². The summed E-state index contributed by atoms with van der Waals surface area (Å²) < 4.78 is 0. The first-order valence-electron chi connectivity index (χ1n) is 6.21. The highest BCUT2D eigenvalue weighted by Crippen LogP contribution is 2.33. The Labute approximate surface area is 87.8 Å². The summed E-state index contributed by atoms with van der Waals surface area (Å²) in [5.74, 6) is 1.79. The molecule has 2 saturated carbocycles. The molecule has 0 spiro atoms. The zero-order valence-corrected chi connectivity index (χ0v) is 9.41. The fourth-order valence-corrected chi connectivity index (χ4v) is 2.89. The lowest BCUT2D eigenvalue weighted by Crippen LogP contribution is -2.43. The van der Waals surface area contributed by atoms with Gasteiger partial charge in [-0.15, -0.1) is 0 Å². The third-order valence-corrected chi connectivity index (χ3v) is 3.98. The van der Waals surface area contributed by atoms with E-state index in [2.05, 4.69) is 11.9 Å². The van der Waals surface area contributed by atoms with Crippen molar-refractivity contribution < 1.29 is 0 Å². The van der Waals surface area contributed by atoms with Crippen molar-refractivity contribution in [2.75, 3.05) is 20.1 Å². The number of nitrogens with two attached hydrogens (primary N) is 1. The topological polar surface area (TPSA) is 29.3 Å². The summed E-state index contributed by atoms with van der Waals surface area (Å²) in [6.07, 6.45) is 8.47. The molecule has 0 heterocycles.